The maximum absolute atomic E-state index is 14.3. The van der Waals surface area contributed by atoms with E-state index in [1.54, 1.807) is 10.9 Å². The molecule has 0 radical (unpaired) electrons. The number of aryl methyl sites for hydroxylation is 1. The number of hydrogen-bond acceptors (Lipinski definition) is 5. The normalized spacial score (nSPS) is 20.6. The van der Waals surface area contributed by atoms with Gasteiger partial charge in [0.1, 0.15) is 6.10 Å². The Labute approximate surface area is 158 Å². The first-order chi connectivity index (χ1) is 12.9. The summed E-state index contributed by atoms with van der Waals surface area (Å²) in [4.78, 5) is -0.102. The van der Waals surface area contributed by atoms with Crippen LogP contribution in [0, 0.1) is 12.7 Å². The van der Waals surface area contributed by atoms with Crippen LogP contribution in [0.1, 0.15) is 37.0 Å². The molecule has 0 spiro atoms. The number of nitrogens with zero attached hydrogens (tertiary/aromatic N) is 2. The third-order valence-corrected chi connectivity index (χ3v) is 6.38. The lowest BCUT2D eigenvalue weighted by atomic mass is 9.99. The highest BCUT2D eigenvalue weighted by atomic mass is 32.2. The maximum atomic E-state index is 14.3. The summed E-state index contributed by atoms with van der Waals surface area (Å²) < 4.78 is 55.3. The number of methoxy groups -OCH3 is 1. The Morgan fingerprint density at radius 2 is 2.22 bits per heavy atom. The fraction of sp³-hybridized carbons (Fsp3) is 0.500. The Bertz CT molecular complexity index is 913. The number of halogens is 1. The van der Waals surface area contributed by atoms with Gasteiger partial charge in [-0.1, -0.05) is 0 Å². The average molecular weight is 397 g/mol. The maximum Gasteiger partial charge on any atom is 0.241 e. The first kappa shape index (κ1) is 19.8. The van der Waals surface area contributed by atoms with Crippen LogP contribution in [0.5, 0.6) is 5.75 Å². The highest BCUT2D eigenvalue weighted by Gasteiger charge is 2.33. The van der Waals surface area contributed by atoms with Crippen molar-refractivity contribution in [1.82, 2.24) is 14.5 Å². The van der Waals surface area contributed by atoms with Crippen molar-refractivity contribution in [2.45, 2.75) is 50.3 Å². The summed E-state index contributed by atoms with van der Waals surface area (Å²) in [6.07, 6.45) is 4.48. The monoisotopic (exact) mass is 397 g/mol. The summed E-state index contributed by atoms with van der Waals surface area (Å²) in [5, 5.41) is 4.24. The Morgan fingerprint density at radius 3 is 2.89 bits per heavy atom. The second-order valence-electron chi connectivity index (χ2n) is 6.50. The van der Waals surface area contributed by atoms with Gasteiger partial charge in [0.15, 0.2) is 11.6 Å². The highest BCUT2D eigenvalue weighted by Crippen LogP contribution is 2.31. The molecule has 2 heterocycles. The zero-order valence-electron chi connectivity index (χ0n) is 15.6. The van der Waals surface area contributed by atoms with Crippen LogP contribution in [-0.4, -0.2) is 38.0 Å². The van der Waals surface area contributed by atoms with E-state index in [1.165, 1.54) is 26.2 Å². The second kappa shape index (κ2) is 7.95. The molecule has 0 amide bonds. The van der Waals surface area contributed by atoms with Crippen LogP contribution in [0.25, 0.3) is 0 Å². The third-order valence-electron chi connectivity index (χ3n) is 4.75. The minimum absolute atomic E-state index is 0.0114. The van der Waals surface area contributed by atoms with Crippen LogP contribution in [0.15, 0.2) is 29.4 Å². The molecule has 7 nitrogen and oxygen atoms in total. The van der Waals surface area contributed by atoms with E-state index in [0.29, 0.717) is 19.6 Å². The molecule has 3 rings (SSSR count). The second-order valence-corrected chi connectivity index (χ2v) is 8.18. The van der Waals surface area contributed by atoms with E-state index in [2.05, 4.69) is 9.82 Å². The van der Waals surface area contributed by atoms with Crippen molar-refractivity contribution in [3.8, 4) is 5.75 Å². The van der Waals surface area contributed by atoms with Gasteiger partial charge in [0, 0.05) is 30.5 Å². The number of benzene rings is 1. The molecular weight excluding hydrogens is 373 g/mol. The quantitative estimate of drug-likeness (QED) is 0.810. The molecule has 2 atom stereocenters. The molecule has 148 valence electrons. The van der Waals surface area contributed by atoms with Gasteiger partial charge in [0.2, 0.25) is 10.0 Å². The van der Waals surface area contributed by atoms with Crippen molar-refractivity contribution in [1.29, 1.82) is 0 Å². The lowest BCUT2D eigenvalue weighted by molar-refractivity contribution is -0.00448. The molecule has 1 aromatic carbocycles. The summed E-state index contributed by atoms with van der Waals surface area (Å²) >= 11 is 0. The van der Waals surface area contributed by atoms with Gasteiger partial charge in [-0.05, 0) is 38.8 Å². The summed E-state index contributed by atoms with van der Waals surface area (Å²) in [5.74, 6) is -0.668. The van der Waals surface area contributed by atoms with E-state index in [0.717, 1.165) is 12.0 Å². The van der Waals surface area contributed by atoms with Gasteiger partial charge in [0.25, 0.3) is 0 Å². The fourth-order valence-electron chi connectivity index (χ4n) is 3.28. The molecule has 1 aromatic heterocycles. The van der Waals surface area contributed by atoms with Crippen molar-refractivity contribution >= 4 is 10.0 Å². The minimum Gasteiger partial charge on any atom is -0.494 e. The molecule has 2 aromatic rings. The number of hydrogen-bond donors (Lipinski definition) is 1. The summed E-state index contributed by atoms with van der Waals surface area (Å²) in [7, 11) is -2.59. The Kier molecular flexibility index (Phi) is 5.83. The van der Waals surface area contributed by atoms with E-state index in [9.17, 15) is 12.8 Å². The summed E-state index contributed by atoms with van der Waals surface area (Å²) in [5.41, 5.74) is 0.843. The highest BCUT2D eigenvalue weighted by molar-refractivity contribution is 7.89. The molecular formula is C18H24FN3O4S. The first-order valence-electron chi connectivity index (χ1n) is 8.86. The number of aromatic nitrogens is 2. The van der Waals surface area contributed by atoms with E-state index in [4.69, 9.17) is 9.47 Å². The van der Waals surface area contributed by atoms with E-state index in [1.807, 2.05) is 13.1 Å². The topological polar surface area (TPSA) is 82.5 Å². The fourth-order valence-corrected chi connectivity index (χ4v) is 4.79. The number of rotatable bonds is 6. The van der Waals surface area contributed by atoms with Crippen LogP contribution in [0.4, 0.5) is 4.39 Å². The number of sulfonamides is 1. The summed E-state index contributed by atoms with van der Waals surface area (Å²) in [6, 6.07) is 2.22. The standard InChI is InChI=1S/C18H24FN3O4S/c1-4-22-11-13(10-20-22)18-14(6-5-9-26-18)21-27(23,24)16-8-7-15(25-3)17(19)12(16)2/h7-8,10-11,14,18,21H,4-6,9H2,1-3H3/t14-,18+/m0/s1. The zero-order chi connectivity index (χ0) is 19.6. The zero-order valence-corrected chi connectivity index (χ0v) is 16.4. The van der Waals surface area contributed by atoms with Crippen LogP contribution < -0.4 is 9.46 Å². The van der Waals surface area contributed by atoms with E-state index < -0.39 is 28.0 Å². The molecule has 0 saturated carbocycles. The SMILES string of the molecule is CCn1cc([C@H]2OCCC[C@@H]2NS(=O)(=O)c2ccc(OC)c(F)c2C)cn1. The smallest absolute Gasteiger partial charge is 0.241 e. The number of nitrogens with one attached hydrogen (secondary N) is 1. The van der Waals surface area contributed by atoms with Crippen LogP contribution in [-0.2, 0) is 21.3 Å². The van der Waals surface area contributed by atoms with E-state index >= 15 is 0 Å². The number of ether oxygens (including phenoxy) is 2. The molecule has 0 unspecified atom stereocenters. The molecule has 1 N–H and O–H groups in total. The van der Waals surface area contributed by atoms with Crippen LogP contribution >= 0.6 is 0 Å². The van der Waals surface area contributed by atoms with E-state index in [-0.39, 0.29) is 16.2 Å². The average Bonchev–Trinajstić information content (AvgIpc) is 3.13. The molecule has 1 aliphatic rings. The van der Waals surface area contributed by atoms with Crippen LogP contribution in [0.2, 0.25) is 0 Å². The molecule has 1 saturated heterocycles. The molecule has 0 aliphatic carbocycles. The van der Waals surface area contributed by atoms with Crippen LogP contribution in [0.3, 0.4) is 0 Å². The summed E-state index contributed by atoms with van der Waals surface area (Å²) in [6.45, 7) is 4.66. The molecule has 27 heavy (non-hydrogen) atoms. The van der Waals surface area contributed by atoms with Gasteiger partial charge in [-0.2, -0.15) is 5.10 Å². The Morgan fingerprint density at radius 1 is 1.44 bits per heavy atom. The van der Waals surface area contributed by atoms with Gasteiger partial charge in [-0.15, -0.1) is 0 Å². The molecule has 0 bridgehead atoms. The van der Waals surface area contributed by atoms with Gasteiger partial charge in [-0.25, -0.2) is 17.5 Å². The van der Waals surface area contributed by atoms with Gasteiger partial charge in [-0.3, -0.25) is 4.68 Å². The van der Waals surface area contributed by atoms with Crippen molar-refractivity contribution in [2.24, 2.45) is 0 Å². The van der Waals surface area contributed by atoms with Crippen molar-refractivity contribution < 1.29 is 22.3 Å². The predicted molar refractivity (Wildman–Crippen MR) is 97.6 cm³/mol. The minimum atomic E-state index is -3.93. The Hall–Kier alpha value is -1.97. The predicted octanol–water partition coefficient (Wildman–Crippen LogP) is 2.56. The van der Waals surface area contributed by atoms with Gasteiger partial charge >= 0.3 is 0 Å². The lowest BCUT2D eigenvalue weighted by Crippen LogP contribution is -2.42. The largest absolute Gasteiger partial charge is 0.494 e. The van der Waals surface area contributed by atoms with Crippen molar-refractivity contribution in [3.05, 3.63) is 41.5 Å². The Balaban J connectivity index is 1.88. The lowest BCUT2D eigenvalue weighted by Gasteiger charge is -2.31. The molecule has 1 fully saturated rings. The van der Waals surface area contributed by atoms with Crippen molar-refractivity contribution in [2.75, 3.05) is 13.7 Å². The molecule has 1 aliphatic heterocycles. The van der Waals surface area contributed by atoms with Gasteiger partial charge in [0.05, 0.1) is 24.2 Å². The first-order valence-corrected chi connectivity index (χ1v) is 10.3. The van der Waals surface area contributed by atoms with Gasteiger partial charge < -0.3 is 9.47 Å². The molecule has 9 heteroatoms. The van der Waals surface area contributed by atoms with Crippen molar-refractivity contribution in [3.63, 3.8) is 0 Å². The third kappa shape index (κ3) is 3.99.